The van der Waals surface area contributed by atoms with Gasteiger partial charge in [0.25, 0.3) is 0 Å². The standard InChI is InChI=1S/C14H16BrNO2/c1-17-12-5-11(8-16)6-13(7-12)18-10-14(9-15)3-2-4-14/h5-7H,2-4,9-10H2,1H3. The lowest BCUT2D eigenvalue weighted by atomic mass is 9.71. The number of hydrogen-bond acceptors (Lipinski definition) is 3. The summed E-state index contributed by atoms with van der Waals surface area (Å²) < 4.78 is 11.0. The van der Waals surface area contributed by atoms with Crippen LogP contribution in [0.1, 0.15) is 24.8 Å². The number of nitrogens with zero attached hydrogens (tertiary/aromatic N) is 1. The van der Waals surface area contributed by atoms with E-state index in [4.69, 9.17) is 14.7 Å². The molecule has 1 aliphatic carbocycles. The zero-order valence-corrected chi connectivity index (χ0v) is 12.0. The Hall–Kier alpha value is -1.21. The molecule has 2 rings (SSSR count). The lowest BCUT2D eigenvalue weighted by Gasteiger charge is -2.39. The van der Waals surface area contributed by atoms with Crippen LogP contribution in [0.3, 0.4) is 0 Å². The summed E-state index contributed by atoms with van der Waals surface area (Å²) in [5.41, 5.74) is 0.835. The summed E-state index contributed by atoms with van der Waals surface area (Å²) in [7, 11) is 1.59. The second-order valence-electron chi connectivity index (χ2n) is 4.78. The van der Waals surface area contributed by atoms with Gasteiger partial charge < -0.3 is 9.47 Å². The van der Waals surface area contributed by atoms with E-state index in [1.165, 1.54) is 19.3 Å². The van der Waals surface area contributed by atoms with Crippen molar-refractivity contribution in [3.8, 4) is 17.6 Å². The predicted molar refractivity (Wildman–Crippen MR) is 73.3 cm³/mol. The van der Waals surface area contributed by atoms with E-state index in [-0.39, 0.29) is 5.41 Å². The predicted octanol–water partition coefficient (Wildman–Crippen LogP) is 3.51. The van der Waals surface area contributed by atoms with Gasteiger partial charge in [0.2, 0.25) is 0 Å². The van der Waals surface area contributed by atoms with Crippen molar-refractivity contribution in [3.05, 3.63) is 23.8 Å². The van der Waals surface area contributed by atoms with Crippen LogP contribution in [0.15, 0.2) is 18.2 Å². The highest BCUT2D eigenvalue weighted by Gasteiger charge is 2.36. The molecule has 0 spiro atoms. The third kappa shape index (κ3) is 2.78. The third-order valence-electron chi connectivity index (χ3n) is 3.49. The normalized spacial score (nSPS) is 16.5. The van der Waals surface area contributed by atoms with Crippen LogP contribution in [0.4, 0.5) is 0 Å². The Morgan fingerprint density at radius 3 is 2.56 bits per heavy atom. The van der Waals surface area contributed by atoms with Crippen LogP contribution in [0, 0.1) is 16.7 Å². The molecule has 0 heterocycles. The fourth-order valence-electron chi connectivity index (χ4n) is 2.07. The minimum Gasteiger partial charge on any atom is -0.497 e. The van der Waals surface area contributed by atoms with E-state index in [0.717, 1.165) is 5.33 Å². The SMILES string of the molecule is COc1cc(C#N)cc(OCC2(CBr)CCC2)c1. The van der Waals surface area contributed by atoms with Crippen LogP contribution >= 0.6 is 15.9 Å². The number of benzene rings is 1. The Balaban J connectivity index is 2.07. The first kappa shape index (κ1) is 13.2. The molecule has 1 aliphatic rings. The van der Waals surface area contributed by atoms with E-state index < -0.39 is 0 Å². The zero-order chi connectivity index (χ0) is 13.0. The van der Waals surface area contributed by atoms with Crippen molar-refractivity contribution in [2.75, 3.05) is 19.0 Å². The van der Waals surface area contributed by atoms with Crippen molar-refractivity contribution in [1.29, 1.82) is 5.26 Å². The highest BCUT2D eigenvalue weighted by atomic mass is 79.9. The summed E-state index contributed by atoms with van der Waals surface area (Å²) in [6.45, 7) is 0.691. The largest absolute Gasteiger partial charge is 0.497 e. The summed E-state index contributed by atoms with van der Waals surface area (Å²) in [6, 6.07) is 7.39. The molecule has 96 valence electrons. The molecule has 0 bridgehead atoms. The number of hydrogen-bond donors (Lipinski definition) is 0. The molecule has 0 aromatic heterocycles. The van der Waals surface area contributed by atoms with Crippen LogP contribution in [0.25, 0.3) is 0 Å². The average Bonchev–Trinajstić information content (AvgIpc) is 2.37. The number of alkyl halides is 1. The van der Waals surface area contributed by atoms with Gasteiger partial charge in [0.05, 0.1) is 25.3 Å². The number of nitriles is 1. The molecular weight excluding hydrogens is 294 g/mol. The van der Waals surface area contributed by atoms with Crippen LogP contribution in [0.2, 0.25) is 0 Å². The van der Waals surface area contributed by atoms with Gasteiger partial charge in [-0.25, -0.2) is 0 Å². The molecule has 1 saturated carbocycles. The summed E-state index contributed by atoms with van der Waals surface area (Å²) in [4.78, 5) is 0. The summed E-state index contributed by atoms with van der Waals surface area (Å²) in [5.74, 6) is 1.36. The van der Waals surface area contributed by atoms with Gasteiger partial charge in [-0.05, 0) is 25.0 Å². The highest BCUT2D eigenvalue weighted by molar-refractivity contribution is 9.09. The smallest absolute Gasteiger partial charge is 0.124 e. The molecule has 0 amide bonds. The van der Waals surface area contributed by atoms with Crippen molar-refractivity contribution < 1.29 is 9.47 Å². The molecule has 4 heteroatoms. The van der Waals surface area contributed by atoms with Gasteiger partial charge in [-0.15, -0.1) is 0 Å². The number of methoxy groups -OCH3 is 1. The van der Waals surface area contributed by atoms with Gasteiger partial charge in [0.15, 0.2) is 0 Å². The Bertz CT molecular complexity index is 458. The quantitative estimate of drug-likeness (QED) is 0.782. The second-order valence-corrected chi connectivity index (χ2v) is 5.35. The van der Waals surface area contributed by atoms with E-state index in [1.54, 1.807) is 19.2 Å². The molecule has 1 fully saturated rings. The minimum atomic E-state index is 0.274. The van der Waals surface area contributed by atoms with E-state index in [0.29, 0.717) is 23.7 Å². The minimum absolute atomic E-state index is 0.274. The Labute approximate surface area is 116 Å². The molecule has 0 unspecified atom stereocenters. The molecule has 18 heavy (non-hydrogen) atoms. The lowest BCUT2D eigenvalue weighted by Crippen LogP contribution is -2.37. The Morgan fingerprint density at radius 2 is 2.06 bits per heavy atom. The van der Waals surface area contributed by atoms with E-state index >= 15 is 0 Å². The Morgan fingerprint density at radius 1 is 1.33 bits per heavy atom. The second kappa shape index (κ2) is 5.62. The van der Waals surface area contributed by atoms with E-state index in [9.17, 15) is 0 Å². The van der Waals surface area contributed by atoms with Crippen molar-refractivity contribution in [3.63, 3.8) is 0 Å². The summed E-state index contributed by atoms with van der Waals surface area (Å²) >= 11 is 3.56. The molecule has 0 radical (unpaired) electrons. The topological polar surface area (TPSA) is 42.2 Å². The van der Waals surface area contributed by atoms with Crippen LogP contribution in [-0.4, -0.2) is 19.0 Å². The number of halogens is 1. The van der Waals surface area contributed by atoms with Crippen LogP contribution in [-0.2, 0) is 0 Å². The molecule has 0 N–H and O–H groups in total. The number of rotatable bonds is 5. The van der Waals surface area contributed by atoms with Crippen molar-refractivity contribution in [1.82, 2.24) is 0 Å². The maximum atomic E-state index is 8.95. The maximum Gasteiger partial charge on any atom is 0.124 e. The first-order chi connectivity index (χ1) is 8.71. The van der Waals surface area contributed by atoms with Gasteiger partial charge >= 0.3 is 0 Å². The first-order valence-electron chi connectivity index (χ1n) is 5.99. The van der Waals surface area contributed by atoms with Gasteiger partial charge in [-0.1, -0.05) is 22.4 Å². The van der Waals surface area contributed by atoms with Crippen molar-refractivity contribution in [2.45, 2.75) is 19.3 Å². The van der Waals surface area contributed by atoms with E-state index in [2.05, 4.69) is 22.0 Å². The average molecular weight is 310 g/mol. The molecule has 1 aromatic carbocycles. The molecular formula is C14H16BrNO2. The number of ether oxygens (including phenoxy) is 2. The molecule has 0 atom stereocenters. The zero-order valence-electron chi connectivity index (χ0n) is 10.4. The van der Waals surface area contributed by atoms with Gasteiger partial charge in [-0.3, -0.25) is 0 Å². The third-order valence-corrected chi connectivity index (χ3v) is 4.68. The molecule has 0 aliphatic heterocycles. The maximum absolute atomic E-state index is 8.95. The lowest BCUT2D eigenvalue weighted by molar-refractivity contribution is 0.0837. The van der Waals surface area contributed by atoms with Crippen molar-refractivity contribution >= 4 is 15.9 Å². The van der Waals surface area contributed by atoms with Gasteiger partial charge in [0, 0.05) is 16.8 Å². The van der Waals surface area contributed by atoms with Crippen LogP contribution < -0.4 is 9.47 Å². The van der Waals surface area contributed by atoms with Gasteiger partial charge in [0.1, 0.15) is 11.5 Å². The first-order valence-corrected chi connectivity index (χ1v) is 7.11. The monoisotopic (exact) mass is 309 g/mol. The molecule has 1 aromatic rings. The Kier molecular flexibility index (Phi) is 4.13. The van der Waals surface area contributed by atoms with Gasteiger partial charge in [-0.2, -0.15) is 5.26 Å². The van der Waals surface area contributed by atoms with E-state index in [1.807, 2.05) is 6.07 Å². The fraction of sp³-hybridized carbons (Fsp3) is 0.500. The summed E-state index contributed by atoms with van der Waals surface area (Å²) in [5, 5.41) is 9.91. The van der Waals surface area contributed by atoms with Crippen LogP contribution in [0.5, 0.6) is 11.5 Å². The highest BCUT2D eigenvalue weighted by Crippen LogP contribution is 2.42. The molecule has 0 saturated heterocycles. The van der Waals surface area contributed by atoms with Crippen molar-refractivity contribution in [2.24, 2.45) is 5.41 Å². The summed E-state index contributed by atoms with van der Waals surface area (Å²) in [6.07, 6.45) is 3.68. The fourth-order valence-corrected chi connectivity index (χ4v) is 2.79. The molecule has 3 nitrogen and oxygen atoms in total.